The first-order valence-electron chi connectivity index (χ1n) is 10.0. The van der Waals surface area contributed by atoms with E-state index in [2.05, 4.69) is 20.6 Å². The van der Waals surface area contributed by atoms with Crippen LogP contribution in [0, 0.1) is 5.82 Å². The molecule has 33 heavy (non-hydrogen) atoms. The maximum Gasteiger partial charge on any atom is 0.271 e. The lowest BCUT2D eigenvalue weighted by molar-refractivity contribution is -0.121. The Morgan fingerprint density at radius 1 is 1.06 bits per heavy atom. The van der Waals surface area contributed by atoms with Crippen LogP contribution in [-0.2, 0) is 17.1 Å². The van der Waals surface area contributed by atoms with Gasteiger partial charge in [0.1, 0.15) is 11.6 Å². The minimum atomic E-state index is -0.492. The maximum atomic E-state index is 13.0. The van der Waals surface area contributed by atoms with Gasteiger partial charge in [-0.3, -0.25) is 9.59 Å². The highest BCUT2D eigenvalue weighted by Gasteiger charge is 2.15. The number of aromatic nitrogens is 2. The molecule has 0 spiro atoms. The molecule has 0 aliphatic carbocycles. The van der Waals surface area contributed by atoms with Crippen molar-refractivity contribution >= 4 is 35.2 Å². The zero-order valence-electron chi connectivity index (χ0n) is 17.8. The van der Waals surface area contributed by atoms with Gasteiger partial charge in [0.25, 0.3) is 5.91 Å². The molecule has 0 fully saturated rings. The van der Waals surface area contributed by atoms with Crippen LogP contribution in [0.1, 0.15) is 28.0 Å². The molecule has 0 unspecified atom stereocenters. The van der Waals surface area contributed by atoms with Crippen molar-refractivity contribution < 1.29 is 18.7 Å². The third-order valence-electron chi connectivity index (χ3n) is 4.50. The second-order valence-corrected chi connectivity index (χ2v) is 8.24. The molecule has 0 bridgehead atoms. The molecule has 0 saturated carbocycles. The number of amides is 2. The minimum Gasteiger partial charge on any atom is -0.497 e. The lowest BCUT2D eigenvalue weighted by atomic mass is 10.2. The van der Waals surface area contributed by atoms with Crippen LogP contribution in [0.25, 0.3) is 0 Å². The Labute approximate surface area is 200 Å². The number of ether oxygens (including phenoxy) is 1. The minimum absolute atomic E-state index is 0.0342. The van der Waals surface area contributed by atoms with Gasteiger partial charge in [-0.2, -0.15) is 0 Å². The number of carbonyl (C=O) groups excluding carboxylic acids is 2. The van der Waals surface area contributed by atoms with Crippen LogP contribution < -0.4 is 15.4 Å². The predicted molar refractivity (Wildman–Crippen MR) is 125 cm³/mol. The molecular formula is C23H22ClFN4O3S. The first-order chi connectivity index (χ1) is 15.9. The smallest absolute Gasteiger partial charge is 0.271 e. The van der Waals surface area contributed by atoms with Gasteiger partial charge >= 0.3 is 0 Å². The van der Waals surface area contributed by atoms with Gasteiger partial charge in [-0.25, -0.2) is 14.4 Å². The zero-order valence-corrected chi connectivity index (χ0v) is 19.4. The molecule has 0 aliphatic rings. The molecule has 172 valence electrons. The molecule has 1 aromatic heterocycles. The normalized spacial score (nSPS) is 10.5. The summed E-state index contributed by atoms with van der Waals surface area (Å²) >= 11 is 7.38. The lowest BCUT2D eigenvalue weighted by Crippen LogP contribution is -2.31. The molecule has 7 nitrogen and oxygen atoms in total. The monoisotopic (exact) mass is 488 g/mol. The number of hydrogen-bond acceptors (Lipinski definition) is 6. The number of halogens is 2. The average molecular weight is 489 g/mol. The van der Waals surface area contributed by atoms with E-state index in [0.717, 1.165) is 16.9 Å². The van der Waals surface area contributed by atoms with E-state index in [9.17, 15) is 14.0 Å². The number of benzene rings is 2. The van der Waals surface area contributed by atoms with Crippen LogP contribution in [0.3, 0.4) is 0 Å². The standard InChI is InChI=1S/C23H22ClFN4O3S/c1-32-18-8-4-15(5-9-18)12-27-20(30)10-11-26-22(31)21-19(24)13-28-23(29-21)33-14-16-2-6-17(25)7-3-16/h2-9,13H,10-12,14H2,1H3,(H,26,31)(H,27,30). The van der Waals surface area contributed by atoms with E-state index < -0.39 is 5.91 Å². The van der Waals surface area contributed by atoms with Gasteiger partial charge in [0.15, 0.2) is 10.9 Å². The van der Waals surface area contributed by atoms with E-state index in [-0.39, 0.29) is 35.4 Å². The SMILES string of the molecule is COc1ccc(CNC(=O)CCNC(=O)c2nc(SCc3ccc(F)cc3)ncc2Cl)cc1. The molecule has 0 radical (unpaired) electrons. The van der Waals surface area contributed by atoms with Crippen LogP contribution >= 0.6 is 23.4 Å². The molecule has 1 heterocycles. The fraction of sp³-hybridized carbons (Fsp3) is 0.217. The third kappa shape index (κ3) is 7.73. The first kappa shape index (κ1) is 24.5. The summed E-state index contributed by atoms with van der Waals surface area (Å²) in [7, 11) is 1.59. The van der Waals surface area contributed by atoms with Crippen LogP contribution in [0.15, 0.2) is 59.9 Å². The Bertz CT molecular complexity index is 1100. The van der Waals surface area contributed by atoms with Crippen molar-refractivity contribution in [3.63, 3.8) is 0 Å². The van der Waals surface area contributed by atoms with Crippen molar-refractivity contribution in [2.24, 2.45) is 0 Å². The zero-order chi connectivity index (χ0) is 23.6. The van der Waals surface area contributed by atoms with Crippen LogP contribution in [0.5, 0.6) is 5.75 Å². The van der Waals surface area contributed by atoms with Crippen molar-refractivity contribution in [2.75, 3.05) is 13.7 Å². The van der Waals surface area contributed by atoms with Gasteiger partial charge in [0, 0.05) is 25.3 Å². The largest absolute Gasteiger partial charge is 0.497 e. The highest BCUT2D eigenvalue weighted by molar-refractivity contribution is 7.98. The fourth-order valence-electron chi connectivity index (χ4n) is 2.71. The van der Waals surface area contributed by atoms with E-state index in [1.807, 2.05) is 24.3 Å². The van der Waals surface area contributed by atoms with E-state index in [4.69, 9.17) is 16.3 Å². The van der Waals surface area contributed by atoms with E-state index in [0.29, 0.717) is 17.5 Å². The van der Waals surface area contributed by atoms with Gasteiger partial charge in [-0.05, 0) is 35.4 Å². The molecule has 0 aliphatic heterocycles. The molecule has 2 N–H and O–H groups in total. The quantitative estimate of drug-likeness (QED) is 0.331. The second-order valence-electron chi connectivity index (χ2n) is 6.89. The van der Waals surface area contributed by atoms with Crippen LogP contribution in [0.4, 0.5) is 4.39 Å². The number of nitrogens with zero attached hydrogens (tertiary/aromatic N) is 2. The number of thioether (sulfide) groups is 1. The molecule has 10 heteroatoms. The van der Waals surface area contributed by atoms with Crippen molar-refractivity contribution in [1.29, 1.82) is 0 Å². The average Bonchev–Trinajstić information content (AvgIpc) is 2.83. The van der Waals surface area contributed by atoms with Crippen LogP contribution in [-0.4, -0.2) is 35.4 Å². The molecule has 0 atom stereocenters. The molecule has 0 saturated heterocycles. The Morgan fingerprint density at radius 3 is 2.45 bits per heavy atom. The van der Waals surface area contributed by atoms with Gasteiger partial charge in [0.05, 0.1) is 18.3 Å². The number of hydrogen-bond donors (Lipinski definition) is 2. The number of nitrogens with one attached hydrogen (secondary N) is 2. The first-order valence-corrected chi connectivity index (χ1v) is 11.4. The second kappa shape index (κ2) is 12.2. The Balaban J connectivity index is 1.45. The third-order valence-corrected chi connectivity index (χ3v) is 5.71. The summed E-state index contributed by atoms with van der Waals surface area (Å²) in [5.41, 5.74) is 1.87. The Morgan fingerprint density at radius 2 is 1.76 bits per heavy atom. The molecule has 2 aromatic carbocycles. The summed E-state index contributed by atoms with van der Waals surface area (Å²) in [5.74, 6) is 0.259. The van der Waals surface area contributed by atoms with Gasteiger partial charge in [-0.15, -0.1) is 0 Å². The predicted octanol–water partition coefficient (Wildman–Crippen LogP) is 4.01. The van der Waals surface area contributed by atoms with Gasteiger partial charge in [-0.1, -0.05) is 47.6 Å². The van der Waals surface area contributed by atoms with Gasteiger partial charge in [0.2, 0.25) is 5.91 Å². The van der Waals surface area contributed by atoms with Crippen molar-refractivity contribution in [2.45, 2.75) is 23.9 Å². The summed E-state index contributed by atoms with van der Waals surface area (Å²) in [6.07, 6.45) is 1.47. The number of methoxy groups -OCH3 is 1. The molecule has 2 amide bonds. The van der Waals surface area contributed by atoms with Crippen molar-refractivity contribution in [1.82, 2.24) is 20.6 Å². The molecule has 3 rings (SSSR count). The summed E-state index contributed by atoms with van der Waals surface area (Å²) in [6.45, 7) is 0.509. The summed E-state index contributed by atoms with van der Waals surface area (Å²) in [5, 5.41) is 5.93. The Kier molecular flexibility index (Phi) is 9.03. The maximum absolute atomic E-state index is 13.0. The van der Waals surface area contributed by atoms with E-state index >= 15 is 0 Å². The van der Waals surface area contributed by atoms with Crippen molar-refractivity contribution in [3.8, 4) is 5.75 Å². The lowest BCUT2D eigenvalue weighted by Gasteiger charge is -2.09. The number of rotatable bonds is 10. The summed E-state index contributed by atoms with van der Waals surface area (Å²) < 4.78 is 18.1. The van der Waals surface area contributed by atoms with E-state index in [1.54, 1.807) is 19.2 Å². The molecular weight excluding hydrogens is 467 g/mol. The van der Waals surface area contributed by atoms with E-state index in [1.165, 1.54) is 30.1 Å². The Hall–Kier alpha value is -3.17. The molecule has 3 aromatic rings. The number of carbonyl (C=O) groups is 2. The highest BCUT2D eigenvalue weighted by atomic mass is 35.5. The van der Waals surface area contributed by atoms with Gasteiger partial charge < -0.3 is 15.4 Å². The van der Waals surface area contributed by atoms with Crippen LogP contribution in [0.2, 0.25) is 5.02 Å². The topological polar surface area (TPSA) is 93.2 Å². The fourth-order valence-corrected chi connectivity index (χ4v) is 3.66. The highest BCUT2D eigenvalue weighted by Crippen LogP contribution is 2.22. The van der Waals surface area contributed by atoms with Crippen molar-refractivity contribution in [3.05, 3.63) is 82.4 Å². The summed E-state index contributed by atoms with van der Waals surface area (Å²) in [4.78, 5) is 32.9. The summed E-state index contributed by atoms with van der Waals surface area (Å²) in [6, 6.07) is 13.5.